The van der Waals surface area contributed by atoms with E-state index in [0.29, 0.717) is 6.04 Å². The molecule has 2 aromatic rings. The zero-order valence-corrected chi connectivity index (χ0v) is 12.0. The Balaban J connectivity index is 1.81. The first-order chi connectivity index (χ1) is 8.20. The van der Waals surface area contributed by atoms with Crippen LogP contribution in [0.25, 0.3) is 10.2 Å². The van der Waals surface area contributed by atoms with Gasteiger partial charge in [-0.05, 0) is 38.2 Å². The molecule has 90 valence electrons. The number of likely N-dealkylation sites (tertiary alicyclic amines) is 1. The monoisotopic (exact) mass is 311 g/mol. The first-order valence-corrected chi connectivity index (χ1v) is 7.33. The van der Waals surface area contributed by atoms with Crippen molar-refractivity contribution in [1.82, 2.24) is 9.88 Å². The molecule has 1 N–H and O–H groups in total. The highest BCUT2D eigenvalue weighted by Gasteiger charge is 2.20. The van der Waals surface area contributed by atoms with Crippen LogP contribution in [-0.2, 0) is 0 Å². The van der Waals surface area contributed by atoms with Crippen LogP contribution in [-0.4, -0.2) is 36.1 Å². The first kappa shape index (κ1) is 11.4. The van der Waals surface area contributed by atoms with E-state index in [1.807, 2.05) is 0 Å². The third kappa shape index (κ3) is 2.46. The Morgan fingerprint density at radius 2 is 2.41 bits per heavy atom. The summed E-state index contributed by atoms with van der Waals surface area (Å²) in [7, 11) is 2.16. The van der Waals surface area contributed by atoms with E-state index in [9.17, 15) is 0 Å². The van der Waals surface area contributed by atoms with E-state index in [2.05, 4.69) is 56.4 Å². The number of likely N-dealkylation sites (N-methyl/N-ethyl adjacent to an activating group) is 1. The lowest BCUT2D eigenvalue weighted by Gasteiger charge is -2.10. The largest absolute Gasteiger partial charge is 0.357 e. The van der Waals surface area contributed by atoms with E-state index in [0.717, 1.165) is 21.7 Å². The van der Waals surface area contributed by atoms with E-state index in [4.69, 9.17) is 0 Å². The molecule has 5 heteroatoms. The number of nitrogens with zero attached hydrogens (tertiary/aromatic N) is 2. The lowest BCUT2D eigenvalue weighted by molar-refractivity contribution is 0.414. The van der Waals surface area contributed by atoms with Crippen LogP contribution in [0.4, 0.5) is 5.13 Å². The summed E-state index contributed by atoms with van der Waals surface area (Å²) in [4.78, 5) is 6.97. The average Bonchev–Trinajstić information content (AvgIpc) is 2.84. The van der Waals surface area contributed by atoms with Crippen molar-refractivity contribution in [3.05, 3.63) is 22.7 Å². The molecule has 0 radical (unpaired) electrons. The minimum atomic E-state index is 0.545. The van der Waals surface area contributed by atoms with Gasteiger partial charge in [0.05, 0.1) is 10.2 Å². The molecule has 0 amide bonds. The van der Waals surface area contributed by atoms with Crippen LogP contribution in [0, 0.1) is 0 Å². The van der Waals surface area contributed by atoms with Gasteiger partial charge in [0.2, 0.25) is 0 Å². The van der Waals surface area contributed by atoms with Gasteiger partial charge in [0, 0.05) is 17.1 Å². The van der Waals surface area contributed by atoms with E-state index < -0.39 is 0 Å². The molecule has 1 aromatic heterocycles. The summed E-state index contributed by atoms with van der Waals surface area (Å²) >= 11 is 5.21. The van der Waals surface area contributed by atoms with Gasteiger partial charge in [0.25, 0.3) is 0 Å². The highest BCUT2D eigenvalue weighted by molar-refractivity contribution is 9.10. The fourth-order valence-corrected chi connectivity index (χ4v) is 3.46. The third-order valence-corrected chi connectivity index (χ3v) is 4.53. The molecule has 2 heterocycles. The standard InChI is InChI=1S/C12H14BrN3S/c1-16-5-4-9(7-16)14-12-15-10-6-8(13)2-3-11(10)17-12/h2-3,6,9H,4-5,7H2,1H3,(H,14,15). The lowest BCUT2D eigenvalue weighted by atomic mass is 10.3. The van der Waals surface area contributed by atoms with Crippen molar-refractivity contribution in [2.75, 3.05) is 25.5 Å². The summed E-state index contributed by atoms with van der Waals surface area (Å²) in [5.74, 6) is 0. The van der Waals surface area contributed by atoms with Gasteiger partial charge in [-0.3, -0.25) is 0 Å². The summed E-state index contributed by atoms with van der Waals surface area (Å²) in [6.07, 6.45) is 1.20. The average molecular weight is 312 g/mol. The van der Waals surface area contributed by atoms with Crippen LogP contribution in [0.3, 0.4) is 0 Å². The van der Waals surface area contributed by atoms with E-state index >= 15 is 0 Å². The Morgan fingerprint density at radius 1 is 1.53 bits per heavy atom. The minimum absolute atomic E-state index is 0.545. The van der Waals surface area contributed by atoms with Crippen molar-refractivity contribution in [2.45, 2.75) is 12.5 Å². The molecule has 1 unspecified atom stereocenters. The quantitative estimate of drug-likeness (QED) is 0.923. The van der Waals surface area contributed by atoms with Gasteiger partial charge < -0.3 is 10.2 Å². The molecule has 0 spiro atoms. The molecule has 1 saturated heterocycles. The number of benzene rings is 1. The molecule has 1 fully saturated rings. The maximum absolute atomic E-state index is 4.62. The number of thiazole rings is 1. The molecule has 3 nitrogen and oxygen atoms in total. The number of nitrogens with one attached hydrogen (secondary N) is 1. The molecule has 0 saturated carbocycles. The van der Waals surface area contributed by atoms with Gasteiger partial charge in [0.15, 0.2) is 5.13 Å². The van der Waals surface area contributed by atoms with Gasteiger partial charge in [-0.15, -0.1) is 0 Å². The molecular weight excluding hydrogens is 298 g/mol. The summed E-state index contributed by atoms with van der Waals surface area (Å²) in [6, 6.07) is 6.79. The maximum Gasteiger partial charge on any atom is 0.184 e. The zero-order valence-electron chi connectivity index (χ0n) is 9.61. The molecule has 1 atom stereocenters. The number of halogens is 1. The second-order valence-electron chi connectivity index (χ2n) is 4.52. The van der Waals surface area contributed by atoms with Crippen LogP contribution in [0.5, 0.6) is 0 Å². The van der Waals surface area contributed by atoms with E-state index in [-0.39, 0.29) is 0 Å². The number of rotatable bonds is 2. The third-order valence-electron chi connectivity index (χ3n) is 3.07. The SMILES string of the molecule is CN1CCC(Nc2nc3cc(Br)ccc3s2)C1. The fourth-order valence-electron chi connectivity index (χ4n) is 2.19. The second-order valence-corrected chi connectivity index (χ2v) is 6.47. The van der Waals surface area contributed by atoms with Crippen molar-refractivity contribution in [3.8, 4) is 0 Å². The van der Waals surface area contributed by atoms with Crippen LogP contribution >= 0.6 is 27.3 Å². The number of hydrogen-bond acceptors (Lipinski definition) is 4. The predicted octanol–water partition coefficient (Wildman–Crippen LogP) is 3.17. The molecule has 0 aliphatic carbocycles. The Labute approximate surface area is 113 Å². The van der Waals surface area contributed by atoms with Crippen molar-refractivity contribution >= 4 is 42.6 Å². The number of anilines is 1. The van der Waals surface area contributed by atoms with Crippen molar-refractivity contribution in [3.63, 3.8) is 0 Å². The predicted molar refractivity (Wildman–Crippen MR) is 76.8 cm³/mol. The molecule has 1 aliphatic rings. The van der Waals surface area contributed by atoms with Gasteiger partial charge in [-0.2, -0.15) is 0 Å². The molecule has 3 rings (SSSR count). The highest BCUT2D eigenvalue weighted by atomic mass is 79.9. The molecule has 1 aromatic carbocycles. The summed E-state index contributed by atoms with van der Waals surface area (Å²) in [5.41, 5.74) is 1.07. The number of hydrogen-bond donors (Lipinski definition) is 1. The Bertz CT molecular complexity index is 540. The lowest BCUT2D eigenvalue weighted by Crippen LogP contribution is -2.23. The maximum atomic E-state index is 4.62. The topological polar surface area (TPSA) is 28.2 Å². The van der Waals surface area contributed by atoms with Gasteiger partial charge in [0.1, 0.15) is 0 Å². The molecular formula is C12H14BrN3S. The molecule has 1 aliphatic heterocycles. The van der Waals surface area contributed by atoms with Gasteiger partial charge in [-0.1, -0.05) is 27.3 Å². The fraction of sp³-hybridized carbons (Fsp3) is 0.417. The first-order valence-electron chi connectivity index (χ1n) is 5.72. The molecule has 17 heavy (non-hydrogen) atoms. The van der Waals surface area contributed by atoms with Crippen molar-refractivity contribution < 1.29 is 0 Å². The van der Waals surface area contributed by atoms with Crippen molar-refractivity contribution in [2.24, 2.45) is 0 Å². The normalized spacial score (nSPS) is 21.2. The van der Waals surface area contributed by atoms with Crippen LogP contribution in [0.1, 0.15) is 6.42 Å². The highest BCUT2D eigenvalue weighted by Crippen LogP contribution is 2.29. The summed E-state index contributed by atoms with van der Waals surface area (Å²) in [6.45, 7) is 2.29. The number of aromatic nitrogens is 1. The van der Waals surface area contributed by atoms with Crippen molar-refractivity contribution in [1.29, 1.82) is 0 Å². The van der Waals surface area contributed by atoms with Crippen LogP contribution in [0.2, 0.25) is 0 Å². The van der Waals surface area contributed by atoms with Gasteiger partial charge >= 0.3 is 0 Å². The Kier molecular flexibility index (Phi) is 3.06. The van der Waals surface area contributed by atoms with Crippen LogP contribution in [0.15, 0.2) is 22.7 Å². The zero-order chi connectivity index (χ0) is 11.8. The minimum Gasteiger partial charge on any atom is -0.357 e. The van der Waals surface area contributed by atoms with Crippen LogP contribution < -0.4 is 5.32 Å². The Hall–Kier alpha value is -0.650. The van der Waals surface area contributed by atoms with Gasteiger partial charge in [-0.25, -0.2) is 4.98 Å². The molecule has 0 bridgehead atoms. The Morgan fingerprint density at radius 3 is 3.18 bits per heavy atom. The number of fused-ring (bicyclic) bond motifs is 1. The summed E-state index contributed by atoms with van der Waals surface area (Å²) < 4.78 is 2.32. The second kappa shape index (κ2) is 4.55. The van der Waals surface area contributed by atoms with E-state index in [1.54, 1.807) is 11.3 Å². The van der Waals surface area contributed by atoms with E-state index in [1.165, 1.54) is 17.7 Å². The summed E-state index contributed by atoms with van der Waals surface area (Å²) in [5, 5.41) is 4.57. The smallest absolute Gasteiger partial charge is 0.184 e.